The largest absolute Gasteiger partial charge is 0.480 e. The van der Waals surface area contributed by atoms with E-state index in [4.69, 9.17) is 15.9 Å². The average molecular weight is 197 g/mol. The summed E-state index contributed by atoms with van der Waals surface area (Å²) < 4.78 is 21.7. The number of carboxylic acids is 1. The minimum absolute atomic E-state index is 0.450. The summed E-state index contributed by atoms with van der Waals surface area (Å²) in [5.74, 6) is -2.45. The molecule has 0 amide bonds. The van der Waals surface area contributed by atoms with E-state index in [9.17, 15) is 13.2 Å². The first-order valence-electron chi connectivity index (χ1n) is 3.18. The van der Waals surface area contributed by atoms with Gasteiger partial charge in [-0.25, -0.2) is 8.42 Å². The van der Waals surface area contributed by atoms with Gasteiger partial charge in [0.25, 0.3) is 0 Å². The number of rotatable bonds is 5. The van der Waals surface area contributed by atoms with Gasteiger partial charge in [0.15, 0.2) is 9.84 Å². The zero-order valence-corrected chi connectivity index (χ0v) is 7.12. The van der Waals surface area contributed by atoms with Gasteiger partial charge in [-0.05, 0) is 0 Å². The van der Waals surface area contributed by atoms with E-state index in [1.165, 1.54) is 0 Å². The fourth-order valence-electron chi connectivity index (χ4n) is 0.567. The van der Waals surface area contributed by atoms with E-state index in [-0.39, 0.29) is 0 Å². The van der Waals surface area contributed by atoms with Crippen LogP contribution in [-0.2, 0) is 14.6 Å². The second-order valence-electron chi connectivity index (χ2n) is 2.28. The van der Waals surface area contributed by atoms with Gasteiger partial charge < -0.3 is 15.9 Å². The van der Waals surface area contributed by atoms with E-state index < -0.39 is 40.0 Å². The summed E-state index contributed by atoms with van der Waals surface area (Å²) in [5.41, 5.74) is 4.97. The lowest BCUT2D eigenvalue weighted by atomic mass is 10.4. The van der Waals surface area contributed by atoms with Crippen molar-refractivity contribution >= 4 is 15.8 Å². The van der Waals surface area contributed by atoms with Crippen LogP contribution in [0, 0.1) is 0 Å². The SMILES string of the molecule is NC(CS(=O)(=O)CCO)C(=O)O. The van der Waals surface area contributed by atoms with Crippen LogP contribution in [0.4, 0.5) is 0 Å². The molecular formula is C5H11NO5S. The van der Waals surface area contributed by atoms with Crippen molar-refractivity contribution in [3.05, 3.63) is 0 Å². The molecule has 0 aromatic heterocycles. The quantitative estimate of drug-likeness (QED) is 0.460. The molecule has 0 aliphatic heterocycles. The van der Waals surface area contributed by atoms with Gasteiger partial charge in [-0.15, -0.1) is 0 Å². The molecule has 4 N–H and O–H groups in total. The molecule has 1 unspecified atom stereocenters. The molecule has 6 nitrogen and oxygen atoms in total. The summed E-state index contributed by atoms with van der Waals surface area (Å²) in [6, 6.07) is -1.42. The van der Waals surface area contributed by atoms with Crippen LogP contribution in [0.2, 0.25) is 0 Å². The molecule has 0 bridgehead atoms. The molecule has 0 aromatic rings. The normalized spacial score (nSPS) is 14.2. The number of hydrogen-bond acceptors (Lipinski definition) is 5. The molecule has 0 aliphatic carbocycles. The van der Waals surface area contributed by atoms with Gasteiger partial charge in [-0.3, -0.25) is 4.79 Å². The van der Waals surface area contributed by atoms with Crippen molar-refractivity contribution in [1.82, 2.24) is 0 Å². The van der Waals surface area contributed by atoms with Crippen molar-refractivity contribution in [3.63, 3.8) is 0 Å². The predicted molar refractivity (Wildman–Crippen MR) is 41.4 cm³/mol. The Labute approximate surface area is 69.9 Å². The lowest BCUT2D eigenvalue weighted by Gasteiger charge is -2.05. The summed E-state index contributed by atoms with van der Waals surface area (Å²) >= 11 is 0. The first-order chi connectivity index (χ1) is 5.39. The van der Waals surface area contributed by atoms with Gasteiger partial charge in [0.1, 0.15) is 6.04 Å². The first-order valence-corrected chi connectivity index (χ1v) is 5.01. The van der Waals surface area contributed by atoms with Gasteiger partial charge in [0.05, 0.1) is 18.1 Å². The molecule has 0 heterocycles. The molecule has 12 heavy (non-hydrogen) atoms. The summed E-state index contributed by atoms with van der Waals surface area (Å²) in [7, 11) is -3.53. The van der Waals surface area contributed by atoms with Crippen LogP contribution < -0.4 is 5.73 Å². The van der Waals surface area contributed by atoms with Crippen molar-refractivity contribution < 1.29 is 23.4 Å². The zero-order chi connectivity index (χ0) is 9.78. The molecule has 0 rings (SSSR count). The molecule has 72 valence electrons. The third-order valence-corrected chi connectivity index (χ3v) is 2.82. The molecule has 7 heteroatoms. The number of hydrogen-bond donors (Lipinski definition) is 3. The minimum Gasteiger partial charge on any atom is -0.480 e. The van der Waals surface area contributed by atoms with Crippen molar-refractivity contribution in [2.75, 3.05) is 18.1 Å². The highest BCUT2D eigenvalue weighted by Gasteiger charge is 2.20. The van der Waals surface area contributed by atoms with Crippen molar-refractivity contribution in [3.8, 4) is 0 Å². The van der Waals surface area contributed by atoms with E-state index in [0.717, 1.165) is 0 Å². The van der Waals surface area contributed by atoms with Crippen LogP contribution in [-0.4, -0.2) is 48.8 Å². The Morgan fingerprint density at radius 3 is 2.33 bits per heavy atom. The smallest absolute Gasteiger partial charge is 0.321 e. The molecule has 0 saturated carbocycles. The summed E-state index contributed by atoms with van der Waals surface area (Å²) in [4.78, 5) is 10.1. The van der Waals surface area contributed by atoms with Crippen molar-refractivity contribution in [2.24, 2.45) is 5.73 Å². The maximum absolute atomic E-state index is 10.8. The molecule has 0 fully saturated rings. The third-order valence-electron chi connectivity index (χ3n) is 1.15. The van der Waals surface area contributed by atoms with Crippen LogP contribution >= 0.6 is 0 Å². The predicted octanol–water partition coefficient (Wildman–Crippen LogP) is -2.19. The van der Waals surface area contributed by atoms with Crippen LogP contribution in [0.5, 0.6) is 0 Å². The number of nitrogens with two attached hydrogens (primary N) is 1. The van der Waals surface area contributed by atoms with Crippen LogP contribution in [0.3, 0.4) is 0 Å². The van der Waals surface area contributed by atoms with Crippen molar-refractivity contribution in [2.45, 2.75) is 6.04 Å². The Kier molecular flexibility index (Phi) is 4.15. The first kappa shape index (κ1) is 11.3. The minimum atomic E-state index is -3.53. The maximum atomic E-state index is 10.8. The van der Waals surface area contributed by atoms with Crippen LogP contribution in [0.15, 0.2) is 0 Å². The highest BCUT2D eigenvalue weighted by atomic mass is 32.2. The molecular weight excluding hydrogens is 186 g/mol. The fourth-order valence-corrected chi connectivity index (χ4v) is 1.70. The lowest BCUT2D eigenvalue weighted by molar-refractivity contribution is -0.137. The van der Waals surface area contributed by atoms with E-state index in [2.05, 4.69) is 0 Å². The van der Waals surface area contributed by atoms with Gasteiger partial charge in [0, 0.05) is 0 Å². The number of aliphatic hydroxyl groups excluding tert-OH is 1. The average Bonchev–Trinajstić information content (AvgIpc) is 1.85. The second-order valence-corrected chi connectivity index (χ2v) is 4.51. The van der Waals surface area contributed by atoms with Crippen LogP contribution in [0.25, 0.3) is 0 Å². The number of aliphatic carboxylic acids is 1. The van der Waals surface area contributed by atoms with E-state index >= 15 is 0 Å². The monoisotopic (exact) mass is 197 g/mol. The van der Waals surface area contributed by atoms with Gasteiger partial charge in [0.2, 0.25) is 0 Å². The summed E-state index contributed by atoms with van der Waals surface area (Å²) in [5, 5.41) is 16.5. The zero-order valence-electron chi connectivity index (χ0n) is 6.30. The highest BCUT2D eigenvalue weighted by Crippen LogP contribution is 1.92. The number of aliphatic hydroxyl groups is 1. The van der Waals surface area contributed by atoms with Crippen LogP contribution in [0.1, 0.15) is 0 Å². The standard InChI is InChI=1S/C5H11NO5S/c6-4(5(8)9)3-12(10,11)2-1-7/h4,7H,1-3,6H2,(H,8,9). The third kappa shape index (κ3) is 4.27. The molecule has 0 radical (unpaired) electrons. The maximum Gasteiger partial charge on any atom is 0.321 e. The van der Waals surface area contributed by atoms with Gasteiger partial charge >= 0.3 is 5.97 Å². The Bertz CT molecular complexity index is 247. The number of carboxylic acid groups (broad SMARTS) is 1. The molecule has 0 spiro atoms. The molecule has 1 atom stereocenters. The highest BCUT2D eigenvalue weighted by molar-refractivity contribution is 7.91. The Morgan fingerprint density at radius 2 is 2.00 bits per heavy atom. The Hall–Kier alpha value is -0.660. The molecule has 0 saturated heterocycles. The van der Waals surface area contributed by atoms with Gasteiger partial charge in [-0.1, -0.05) is 0 Å². The molecule has 0 aromatic carbocycles. The van der Waals surface area contributed by atoms with E-state index in [1.54, 1.807) is 0 Å². The summed E-state index contributed by atoms with van der Waals surface area (Å²) in [6.07, 6.45) is 0. The fraction of sp³-hybridized carbons (Fsp3) is 0.800. The van der Waals surface area contributed by atoms with E-state index in [0.29, 0.717) is 0 Å². The topological polar surface area (TPSA) is 118 Å². The second kappa shape index (κ2) is 4.39. The van der Waals surface area contributed by atoms with E-state index in [1.807, 2.05) is 0 Å². The van der Waals surface area contributed by atoms with Crippen molar-refractivity contribution in [1.29, 1.82) is 0 Å². The molecule has 0 aliphatic rings. The lowest BCUT2D eigenvalue weighted by Crippen LogP contribution is -2.38. The number of carbonyl (C=O) groups is 1. The number of sulfone groups is 1. The Morgan fingerprint density at radius 1 is 1.50 bits per heavy atom. The Balaban J connectivity index is 4.16. The summed E-state index contributed by atoms with van der Waals surface area (Å²) in [6.45, 7) is -0.519. The van der Waals surface area contributed by atoms with Gasteiger partial charge in [-0.2, -0.15) is 0 Å².